The normalized spacial score (nSPS) is 20.6. The number of nitrogens with zero attached hydrogens (tertiary/aromatic N) is 3. The summed E-state index contributed by atoms with van der Waals surface area (Å²) in [6.07, 6.45) is 10.8. The van der Waals surface area contributed by atoms with Gasteiger partial charge in [0.05, 0.1) is 12.1 Å². The van der Waals surface area contributed by atoms with Gasteiger partial charge in [-0.05, 0) is 55.7 Å². The van der Waals surface area contributed by atoms with Gasteiger partial charge in [-0.1, -0.05) is 28.1 Å². The Kier molecular flexibility index (Phi) is 5.72. The van der Waals surface area contributed by atoms with Gasteiger partial charge in [0, 0.05) is 30.0 Å². The van der Waals surface area contributed by atoms with E-state index in [9.17, 15) is 4.79 Å². The van der Waals surface area contributed by atoms with E-state index in [0.29, 0.717) is 0 Å². The molecule has 1 atom stereocenters. The van der Waals surface area contributed by atoms with Gasteiger partial charge >= 0.3 is 5.97 Å². The zero-order valence-electron chi connectivity index (χ0n) is 15.3. The lowest BCUT2D eigenvalue weighted by Gasteiger charge is -2.32. The molecule has 0 N–H and O–H groups in total. The van der Waals surface area contributed by atoms with Gasteiger partial charge in [0.25, 0.3) is 0 Å². The average molecular weight is 430 g/mol. The molecule has 0 unspecified atom stereocenters. The van der Waals surface area contributed by atoms with E-state index in [0.717, 1.165) is 61.9 Å². The second-order valence-electron chi connectivity index (χ2n) is 7.30. The first-order valence-corrected chi connectivity index (χ1v) is 10.5. The van der Waals surface area contributed by atoms with Gasteiger partial charge in [-0.2, -0.15) is 0 Å². The molecule has 2 aliphatic rings. The highest BCUT2D eigenvalue weighted by atomic mass is 79.9. The van der Waals surface area contributed by atoms with Gasteiger partial charge in [-0.15, -0.1) is 0 Å². The monoisotopic (exact) mass is 429 g/mol. The number of anilines is 1. The van der Waals surface area contributed by atoms with Crippen LogP contribution in [0.4, 0.5) is 5.82 Å². The molecule has 5 nitrogen and oxygen atoms in total. The van der Waals surface area contributed by atoms with Crippen molar-refractivity contribution in [2.24, 2.45) is 5.92 Å². The topological polar surface area (TPSA) is 55.3 Å². The Morgan fingerprint density at radius 2 is 2.00 bits per heavy atom. The highest BCUT2D eigenvalue weighted by Crippen LogP contribution is 2.36. The fourth-order valence-corrected chi connectivity index (χ4v) is 4.67. The van der Waals surface area contributed by atoms with Crippen LogP contribution in [0.25, 0.3) is 0 Å². The number of hydrogen-bond acceptors (Lipinski definition) is 5. The number of halogens is 1. The summed E-state index contributed by atoms with van der Waals surface area (Å²) >= 11 is 3.66. The Bertz CT molecular complexity index is 791. The molecule has 0 bridgehead atoms. The van der Waals surface area contributed by atoms with E-state index < -0.39 is 0 Å². The average Bonchev–Trinajstić information content (AvgIpc) is 2.92. The Balaban J connectivity index is 1.40. The molecule has 27 heavy (non-hydrogen) atoms. The van der Waals surface area contributed by atoms with Crippen molar-refractivity contribution >= 4 is 27.7 Å². The molecule has 2 heterocycles. The molecule has 1 saturated heterocycles. The number of hydrogen-bond donors (Lipinski definition) is 0. The SMILES string of the molecule is O=C(O[C@H]1CCCCc2c(Br)cccc21)C1CCN(c2cnccn2)CC1. The summed E-state index contributed by atoms with van der Waals surface area (Å²) in [4.78, 5) is 23.5. The zero-order valence-corrected chi connectivity index (χ0v) is 16.9. The van der Waals surface area contributed by atoms with Crippen LogP contribution in [0.15, 0.2) is 41.3 Å². The van der Waals surface area contributed by atoms with Crippen LogP contribution in [0.3, 0.4) is 0 Å². The number of aromatic nitrogens is 2. The lowest BCUT2D eigenvalue weighted by Crippen LogP contribution is -2.37. The van der Waals surface area contributed by atoms with E-state index in [4.69, 9.17) is 4.74 Å². The van der Waals surface area contributed by atoms with Crippen molar-refractivity contribution in [2.45, 2.75) is 44.6 Å². The Morgan fingerprint density at radius 1 is 1.15 bits per heavy atom. The van der Waals surface area contributed by atoms with Crippen LogP contribution in [0, 0.1) is 5.92 Å². The number of ether oxygens (including phenoxy) is 1. The van der Waals surface area contributed by atoms with E-state index in [1.165, 1.54) is 11.1 Å². The fraction of sp³-hybridized carbons (Fsp3) is 0.476. The molecule has 1 aromatic heterocycles. The Labute approximate surface area is 168 Å². The van der Waals surface area contributed by atoms with Gasteiger partial charge in [-0.25, -0.2) is 4.98 Å². The van der Waals surface area contributed by atoms with Crippen molar-refractivity contribution in [3.8, 4) is 0 Å². The van der Waals surface area contributed by atoms with Crippen molar-refractivity contribution in [2.75, 3.05) is 18.0 Å². The minimum atomic E-state index is -0.120. The maximum Gasteiger partial charge on any atom is 0.309 e. The van der Waals surface area contributed by atoms with Crippen molar-refractivity contribution in [1.29, 1.82) is 0 Å². The lowest BCUT2D eigenvalue weighted by molar-refractivity contribution is -0.155. The molecule has 4 rings (SSSR count). The van der Waals surface area contributed by atoms with E-state index in [-0.39, 0.29) is 18.0 Å². The van der Waals surface area contributed by atoms with E-state index in [1.807, 2.05) is 6.07 Å². The van der Waals surface area contributed by atoms with E-state index in [2.05, 4.69) is 42.9 Å². The minimum absolute atomic E-state index is 0.0308. The highest BCUT2D eigenvalue weighted by Gasteiger charge is 2.30. The number of benzene rings is 1. The smallest absolute Gasteiger partial charge is 0.309 e. The second kappa shape index (κ2) is 8.38. The molecule has 142 valence electrons. The molecule has 0 spiro atoms. The third-order valence-corrected chi connectivity index (χ3v) is 6.35. The van der Waals surface area contributed by atoms with Gasteiger partial charge in [0.15, 0.2) is 0 Å². The van der Waals surface area contributed by atoms with Crippen molar-refractivity contribution in [3.63, 3.8) is 0 Å². The number of carbonyl (C=O) groups is 1. The fourth-order valence-electron chi connectivity index (χ4n) is 4.09. The predicted octanol–water partition coefficient (Wildman–Crippen LogP) is 4.47. The van der Waals surface area contributed by atoms with Crippen molar-refractivity contribution in [3.05, 3.63) is 52.4 Å². The van der Waals surface area contributed by atoms with Crippen LogP contribution < -0.4 is 4.90 Å². The molecule has 2 aromatic rings. The van der Waals surface area contributed by atoms with Gasteiger partial charge in [0.1, 0.15) is 11.9 Å². The standard InChI is InChI=1S/C21H24BrN3O2/c22-18-6-3-5-17-16(18)4-1-2-7-19(17)27-21(26)15-8-12-25(13-9-15)20-14-23-10-11-24-20/h3,5-6,10-11,14-15,19H,1-2,4,7-9,12-13H2/t19-/m0/s1. The second-order valence-corrected chi connectivity index (χ2v) is 8.16. The Morgan fingerprint density at radius 3 is 2.78 bits per heavy atom. The third kappa shape index (κ3) is 4.15. The van der Waals surface area contributed by atoms with Gasteiger partial charge in [0.2, 0.25) is 0 Å². The maximum atomic E-state index is 12.8. The Hall–Kier alpha value is -1.95. The molecular weight excluding hydrogens is 406 g/mol. The first-order valence-electron chi connectivity index (χ1n) is 9.71. The van der Waals surface area contributed by atoms with E-state index in [1.54, 1.807) is 18.6 Å². The summed E-state index contributed by atoms with van der Waals surface area (Å²) < 4.78 is 7.15. The molecule has 1 aliphatic heterocycles. The summed E-state index contributed by atoms with van der Waals surface area (Å²) in [5.41, 5.74) is 2.47. The van der Waals surface area contributed by atoms with Crippen LogP contribution in [0.2, 0.25) is 0 Å². The van der Waals surface area contributed by atoms with Gasteiger partial charge in [-0.3, -0.25) is 9.78 Å². The largest absolute Gasteiger partial charge is 0.457 e. The quantitative estimate of drug-likeness (QED) is 0.532. The summed E-state index contributed by atoms with van der Waals surface area (Å²) in [6.45, 7) is 1.62. The lowest BCUT2D eigenvalue weighted by atomic mass is 9.96. The zero-order chi connectivity index (χ0) is 18.6. The number of rotatable bonds is 3. The molecule has 1 fully saturated rings. The highest BCUT2D eigenvalue weighted by molar-refractivity contribution is 9.10. The molecule has 0 saturated carbocycles. The van der Waals surface area contributed by atoms with E-state index >= 15 is 0 Å². The molecule has 0 amide bonds. The molecule has 1 aromatic carbocycles. The summed E-state index contributed by atoms with van der Waals surface area (Å²) in [5.74, 6) is 0.801. The molecule has 1 aliphatic carbocycles. The maximum absolute atomic E-state index is 12.8. The van der Waals surface area contributed by atoms with Crippen LogP contribution in [0.5, 0.6) is 0 Å². The minimum Gasteiger partial charge on any atom is -0.457 e. The summed E-state index contributed by atoms with van der Waals surface area (Å²) in [5, 5.41) is 0. The number of piperidine rings is 1. The van der Waals surface area contributed by atoms with Crippen LogP contribution in [-0.4, -0.2) is 29.0 Å². The third-order valence-electron chi connectivity index (χ3n) is 5.61. The van der Waals surface area contributed by atoms with Crippen molar-refractivity contribution in [1.82, 2.24) is 9.97 Å². The van der Waals surface area contributed by atoms with Crippen LogP contribution >= 0.6 is 15.9 Å². The number of fused-ring (bicyclic) bond motifs is 1. The summed E-state index contributed by atoms with van der Waals surface area (Å²) in [6, 6.07) is 6.22. The summed E-state index contributed by atoms with van der Waals surface area (Å²) in [7, 11) is 0. The van der Waals surface area contributed by atoms with Gasteiger partial charge < -0.3 is 9.64 Å². The predicted molar refractivity (Wildman–Crippen MR) is 107 cm³/mol. The van der Waals surface area contributed by atoms with Crippen molar-refractivity contribution < 1.29 is 9.53 Å². The van der Waals surface area contributed by atoms with Crippen LogP contribution in [0.1, 0.15) is 49.3 Å². The molecule has 6 heteroatoms. The number of carbonyl (C=O) groups excluding carboxylic acids is 1. The molecular formula is C21H24BrN3O2. The number of esters is 1. The first-order chi connectivity index (χ1) is 13.2. The first kappa shape index (κ1) is 18.4. The van der Waals surface area contributed by atoms with Crippen LogP contribution in [-0.2, 0) is 16.0 Å². The molecule has 0 radical (unpaired) electrons.